The number of ketones is 1. The fourth-order valence-corrected chi connectivity index (χ4v) is 0.990. The van der Waals surface area contributed by atoms with E-state index in [0.29, 0.717) is 11.7 Å². The van der Waals surface area contributed by atoms with E-state index in [4.69, 9.17) is 10.8 Å². The van der Waals surface area contributed by atoms with Gasteiger partial charge in [0.15, 0.2) is 0 Å². The van der Waals surface area contributed by atoms with Gasteiger partial charge in [-0.25, -0.2) is 0 Å². The van der Waals surface area contributed by atoms with E-state index in [1.165, 1.54) is 6.92 Å². The van der Waals surface area contributed by atoms with Crippen LogP contribution in [0.5, 0.6) is 0 Å². The Bertz CT molecular complexity index is 189. The first-order valence-electron chi connectivity index (χ1n) is 4.46. The highest BCUT2D eigenvalue weighted by Gasteiger charge is 2.18. The second kappa shape index (κ2) is 5.70. The molecule has 2 atom stereocenters. The molecule has 0 aromatic rings. The Labute approximate surface area is 78.1 Å². The van der Waals surface area contributed by atoms with Crippen LogP contribution in [-0.4, -0.2) is 22.9 Å². The highest BCUT2D eigenvalue weighted by atomic mass is 16.4. The fraction of sp³-hybridized carbons (Fsp3) is 0.778. The second-order valence-electron chi connectivity index (χ2n) is 3.39. The van der Waals surface area contributed by atoms with Crippen LogP contribution < -0.4 is 5.73 Å². The largest absolute Gasteiger partial charge is 0.480 e. The summed E-state index contributed by atoms with van der Waals surface area (Å²) in [5.74, 6) is -0.130. The fourth-order valence-electron chi connectivity index (χ4n) is 0.990. The number of nitrogens with two attached hydrogens (primary N) is 1. The zero-order valence-electron chi connectivity index (χ0n) is 8.12. The third-order valence-electron chi connectivity index (χ3n) is 2.00. The van der Waals surface area contributed by atoms with Crippen molar-refractivity contribution in [2.45, 2.75) is 39.2 Å². The average Bonchev–Trinajstić information content (AvgIpc) is 2.37. The molecule has 0 aromatic carbocycles. The molecule has 4 nitrogen and oxygen atoms in total. The SMILES string of the molecule is CC1CCCC1=O.C[C@H](N)C(=O)O. The van der Waals surface area contributed by atoms with Crippen molar-refractivity contribution in [1.82, 2.24) is 0 Å². The van der Waals surface area contributed by atoms with Gasteiger partial charge in [0.05, 0.1) is 0 Å². The van der Waals surface area contributed by atoms with E-state index in [0.717, 1.165) is 19.3 Å². The van der Waals surface area contributed by atoms with Crippen LogP contribution in [0.3, 0.4) is 0 Å². The van der Waals surface area contributed by atoms with Gasteiger partial charge in [0, 0.05) is 12.3 Å². The van der Waals surface area contributed by atoms with Crippen LogP contribution in [0.1, 0.15) is 33.1 Å². The van der Waals surface area contributed by atoms with Crippen LogP contribution in [0.2, 0.25) is 0 Å². The van der Waals surface area contributed by atoms with E-state index in [2.05, 4.69) is 0 Å². The topological polar surface area (TPSA) is 80.4 Å². The van der Waals surface area contributed by atoms with Crippen molar-refractivity contribution < 1.29 is 14.7 Å². The van der Waals surface area contributed by atoms with Gasteiger partial charge in [-0.05, 0) is 19.8 Å². The van der Waals surface area contributed by atoms with Crippen molar-refractivity contribution in [2.24, 2.45) is 11.7 Å². The van der Waals surface area contributed by atoms with Crippen LogP contribution in [0.4, 0.5) is 0 Å². The Balaban J connectivity index is 0.000000226. The Morgan fingerprint density at radius 1 is 1.69 bits per heavy atom. The number of carbonyl (C=O) groups is 2. The molecule has 0 amide bonds. The van der Waals surface area contributed by atoms with E-state index in [9.17, 15) is 9.59 Å². The Hall–Kier alpha value is -0.900. The van der Waals surface area contributed by atoms with Crippen molar-refractivity contribution in [1.29, 1.82) is 0 Å². The molecular formula is C9H17NO3. The number of hydrogen-bond donors (Lipinski definition) is 2. The second-order valence-corrected chi connectivity index (χ2v) is 3.39. The lowest BCUT2D eigenvalue weighted by Crippen LogP contribution is -2.25. The van der Waals surface area contributed by atoms with Gasteiger partial charge in [0.2, 0.25) is 0 Å². The summed E-state index contributed by atoms with van der Waals surface area (Å²) in [6, 6.07) is -0.731. The lowest BCUT2D eigenvalue weighted by atomic mass is 10.1. The average molecular weight is 187 g/mol. The summed E-state index contributed by atoms with van der Waals surface area (Å²) in [6.45, 7) is 3.43. The lowest BCUT2D eigenvalue weighted by Gasteiger charge is -1.91. The van der Waals surface area contributed by atoms with Gasteiger partial charge in [-0.1, -0.05) is 6.92 Å². The first-order chi connectivity index (χ1) is 5.95. The zero-order chi connectivity index (χ0) is 10.4. The minimum absolute atomic E-state index is 0.375. The van der Waals surface area contributed by atoms with Crippen LogP contribution in [0.15, 0.2) is 0 Å². The third-order valence-corrected chi connectivity index (χ3v) is 2.00. The van der Waals surface area contributed by atoms with Gasteiger partial charge in [0.1, 0.15) is 11.8 Å². The minimum atomic E-state index is -0.963. The predicted molar refractivity (Wildman–Crippen MR) is 49.3 cm³/mol. The zero-order valence-corrected chi connectivity index (χ0v) is 8.12. The van der Waals surface area contributed by atoms with Gasteiger partial charge in [0.25, 0.3) is 0 Å². The standard InChI is InChI=1S/C6H10O.C3H7NO2/c1-5-3-2-4-6(5)7;1-2(4)3(5)6/h5H,2-4H2,1H3;2H,4H2,1H3,(H,5,6)/t;2-/m.0/s1. The third kappa shape index (κ3) is 5.36. The summed E-state index contributed by atoms with van der Waals surface area (Å²) in [6.07, 6.45) is 3.08. The molecule has 13 heavy (non-hydrogen) atoms. The van der Waals surface area contributed by atoms with E-state index < -0.39 is 12.0 Å². The van der Waals surface area contributed by atoms with Crippen molar-refractivity contribution in [3.05, 3.63) is 0 Å². The van der Waals surface area contributed by atoms with Crippen LogP contribution in [0.25, 0.3) is 0 Å². The maximum absolute atomic E-state index is 10.6. The molecule has 1 fully saturated rings. The lowest BCUT2D eigenvalue weighted by molar-refractivity contribution is -0.138. The van der Waals surface area contributed by atoms with Crippen molar-refractivity contribution in [3.8, 4) is 0 Å². The summed E-state index contributed by atoms with van der Waals surface area (Å²) >= 11 is 0. The minimum Gasteiger partial charge on any atom is -0.480 e. The molecule has 0 spiro atoms. The summed E-state index contributed by atoms with van der Waals surface area (Å²) in [7, 11) is 0. The molecule has 0 aromatic heterocycles. The smallest absolute Gasteiger partial charge is 0.320 e. The molecule has 0 radical (unpaired) electrons. The molecule has 76 valence electrons. The number of Topliss-reactive ketones (excluding diaryl/α,β-unsaturated/α-hetero) is 1. The molecule has 3 N–H and O–H groups in total. The predicted octanol–water partition coefficient (Wildman–Crippen LogP) is 0.794. The number of rotatable bonds is 1. The highest BCUT2D eigenvalue weighted by Crippen LogP contribution is 2.19. The number of hydrogen-bond acceptors (Lipinski definition) is 3. The molecule has 1 unspecified atom stereocenters. The molecular weight excluding hydrogens is 170 g/mol. The van der Waals surface area contributed by atoms with E-state index in [-0.39, 0.29) is 0 Å². The summed E-state index contributed by atoms with van der Waals surface area (Å²) in [5, 5.41) is 7.87. The number of carboxylic acids is 1. The van der Waals surface area contributed by atoms with Crippen molar-refractivity contribution >= 4 is 11.8 Å². The Morgan fingerprint density at radius 3 is 2.23 bits per heavy atom. The molecule has 0 aliphatic heterocycles. The van der Waals surface area contributed by atoms with Gasteiger partial charge < -0.3 is 10.8 Å². The number of carbonyl (C=O) groups excluding carboxylic acids is 1. The molecule has 1 rings (SSSR count). The maximum Gasteiger partial charge on any atom is 0.320 e. The summed E-state index contributed by atoms with van der Waals surface area (Å²) < 4.78 is 0. The van der Waals surface area contributed by atoms with Crippen molar-refractivity contribution in [3.63, 3.8) is 0 Å². The Kier molecular flexibility index (Phi) is 5.30. The van der Waals surface area contributed by atoms with Crippen LogP contribution >= 0.6 is 0 Å². The summed E-state index contributed by atoms with van der Waals surface area (Å²) in [5.41, 5.74) is 4.84. The highest BCUT2D eigenvalue weighted by molar-refractivity contribution is 5.82. The first-order valence-corrected chi connectivity index (χ1v) is 4.46. The van der Waals surface area contributed by atoms with Crippen molar-refractivity contribution in [2.75, 3.05) is 0 Å². The van der Waals surface area contributed by atoms with Crippen LogP contribution in [0, 0.1) is 5.92 Å². The van der Waals surface area contributed by atoms with Gasteiger partial charge in [-0.3, -0.25) is 9.59 Å². The molecule has 1 aliphatic carbocycles. The van der Waals surface area contributed by atoms with E-state index in [1.807, 2.05) is 6.92 Å². The van der Waals surface area contributed by atoms with E-state index in [1.54, 1.807) is 0 Å². The normalized spacial score (nSPS) is 23.3. The molecule has 0 heterocycles. The van der Waals surface area contributed by atoms with Gasteiger partial charge >= 0.3 is 5.97 Å². The molecule has 0 saturated heterocycles. The molecule has 1 saturated carbocycles. The van der Waals surface area contributed by atoms with Crippen LogP contribution in [-0.2, 0) is 9.59 Å². The van der Waals surface area contributed by atoms with Gasteiger partial charge in [-0.2, -0.15) is 0 Å². The molecule has 1 aliphatic rings. The molecule has 0 bridgehead atoms. The first kappa shape index (κ1) is 12.1. The van der Waals surface area contributed by atoms with Gasteiger partial charge in [-0.15, -0.1) is 0 Å². The Morgan fingerprint density at radius 2 is 2.15 bits per heavy atom. The number of aliphatic carboxylic acids is 1. The number of carboxylic acid groups (broad SMARTS) is 1. The quantitative estimate of drug-likeness (QED) is 0.636. The monoisotopic (exact) mass is 187 g/mol. The molecule has 4 heteroatoms. The summed E-state index contributed by atoms with van der Waals surface area (Å²) in [4.78, 5) is 20.1. The maximum atomic E-state index is 10.6. The van der Waals surface area contributed by atoms with E-state index >= 15 is 0 Å².